The lowest BCUT2D eigenvalue weighted by Crippen LogP contribution is -2.31. The Morgan fingerprint density at radius 1 is 1.22 bits per heavy atom. The van der Waals surface area contributed by atoms with Gasteiger partial charge in [0.05, 0.1) is 5.39 Å². The maximum atomic E-state index is 9.35. The van der Waals surface area contributed by atoms with Crippen LogP contribution in [0.5, 0.6) is 5.88 Å². The molecule has 23 heavy (non-hydrogen) atoms. The van der Waals surface area contributed by atoms with Crippen LogP contribution in [-0.4, -0.2) is 33.8 Å². The molecule has 2 aromatic rings. The van der Waals surface area contributed by atoms with E-state index >= 15 is 0 Å². The van der Waals surface area contributed by atoms with Gasteiger partial charge in [0.1, 0.15) is 17.3 Å². The van der Waals surface area contributed by atoms with Crippen molar-refractivity contribution >= 4 is 21.6 Å². The molecule has 0 aromatic carbocycles. The van der Waals surface area contributed by atoms with Crippen LogP contribution in [0.25, 0.3) is 10.2 Å². The molecule has 1 fully saturated rings. The van der Waals surface area contributed by atoms with Crippen LogP contribution in [0.4, 0.5) is 0 Å². The molecule has 1 unspecified atom stereocenters. The number of aliphatic hydroxyl groups is 1. The second-order valence-electron chi connectivity index (χ2n) is 6.70. The molecule has 0 saturated heterocycles. The van der Waals surface area contributed by atoms with E-state index in [1.54, 1.807) is 17.7 Å². The third-order valence-electron chi connectivity index (χ3n) is 5.17. The van der Waals surface area contributed by atoms with Crippen molar-refractivity contribution in [1.29, 1.82) is 0 Å². The van der Waals surface area contributed by atoms with E-state index in [-0.39, 0.29) is 12.7 Å². The lowest BCUT2D eigenvalue weighted by molar-refractivity contribution is 0.143. The molecule has 1 atom stereocenters. The summed E-state index contributed by atoms with van der Waals surface area (Å²) in [6, 6.07) is 0.319. The van der Waals surface area contributed by atoms with Gasteiger partial charge in [-0.3, -0.25) is 0 Å². The minimum absolute atomic E-state index is 0.209. The number of hydrogen-bond donors (Lipinski definition) is 2. The van der Waals surface area contributed by atoms with E-state index in [1.807, 2.05) is 0 Å². The van der Waals surface area contributed by atoms with E-state index < -0.39 is 0 Å². The molecule has 3 N–H and O–H groups in total. The van der Waals surface area contributed by atoms with Crippen LogP contribution in [-0.2, 0) is 6.42 Å². The van der Waals surface area contributed by atoms with E-state index in [9.17, 15) is 5.11 Å². The molecule has 2 aromatic heterocycles. The van der Waals surface area contributed by atoms with Crippen LogP contribution in [0.1, 0.15) is 54.9 Å². The van der Waals surface area contributed by atoms with E-state index in [2.05, 4.69) is 9.97 Å². The summed E-state index contributed by atoms with van der Waals surface area (Å²) in [7, 11) is 0. The molecule has 0 aliphatic heterocycles. The Balaban J connectivity index is 1.67. The fourth-order valence-electron chi connectivity index (χ4n) is 3.94. The lowest BCUT2D eigenvalue weighted by Gasteiger charge is -2.26. The molecule has 0 radical (unpaired) electrons. The fourth-order valence-corrected chi connectivity index (χ4v) is 5.17. The number of aliphatic hydroxyl groups excluding tert-OH is 1. The highest BCUT2D eigenvalue weighted by Gasteiger charge is 2.30. The van der Waals surface area contributed by atoms with Crippen molar-refractivity contribution in [2.75, 3.05) is 6.61 Å². The third-order valence-corrected chi connectivity index (χ3v) is 6.34. The van der Waals surface area contributed by atoms with Gasteiger partial charge in [0.2, 0.25) is 5.88 Å². The molecule has 2 heterocycles. The third kappa shape index (κ3) is 2.84. The summed E-state index contributed by atoms with van der Waals surface area (Å²) < 4.78 is 6.26. The minimum Gasteiger partial charge on any atom is -0.474 e. The Bertz CT molecular complexity index is 694. The molecule has 2 aliphatic carbocycles. The highest BCUT2D eigenvalue weighted by atomic mass is 32.1. The average Bonchev–Trinajstić information content (AvgIpc) is 3.10. The summed E-state index contributed by atoms with van der Waals surface area (Å²) in [4.78, 5) is 11.3. The van der Waals surface area contributed by atoms with Crippen molar-refractivity contribution in [1.82, 2.24) is 9.97 Å². The van der Waals surface area contributed by atoms with Crippen LogP contribution >= 0.6 is 11.3 Å². The van der Waals surface area contributed by atoms with E-state index in [4.69, 9.17) is 10.5 Å². The predicted octanol–water partition coefficient (Wildman–Crippen LogP) is 2.75. The number of nitrogens with two attached hydrogens (primary N) is 1. The predicted molar refractivity (Wildman–Crippen MR) is 91.0 cm³/mol. The molecule has 6 heteroatoms. The summed E-state index contributed by atoms with van der Waals surface area (Å²) in [6.45, 7) is 0.228. The Morgan fingerprint density at radius 3 is 2.83 bits per heavy atom. The van der Waals surface area contributed by atoms with E-state index in [1.165, 1.54) is 10.4 Å². The quantitative estimate of drug-likeness (QED) is 0.899. The zero-order chi connectivity index (χ0) is 15.8. The van der Waals surface area contributed by atoms with Crippen molar-refractivity contribution in [2.45, 2.75) is 63.0 Å². The van der Waals surface area contributed by atoms with Crippen LogP contribution in [0, 0.1) is 0 Å². The number of nitrogens with zero attached hydrogens (tertiary/aromatic N) is 2. The van der Waals surface area contributed by atoms with Crippen molar-refractivity contribution in [3.05, 3.63) is 16.8 Å². The fraction of sp³-hybridized carbons (Fsp3) is 0.647. The Labute approximate surface area is 139 Å². The topological polar surface area (TPSA) is 81.3 Å². The van der Waals surface area contributed by atoms with Crippen LogP contribution in [0.2, 0.25) is 0 Å². The molecular weight excluding hydrogens is 310 g/mol. The summed E-state index contributed by atoms with van der Waals surface area (Å²) in [5, 5.41) is 10.4. The molecule has 0 spiro atoms. The normalized spacial score (nSPS) is 27.3. The number of rotatable bonds is 4. The van der Waals surface area contributed by atoms with Gasteiger partial charge in [-0.25, -0.2) is 9.97 Å². The summed E-state index contributed by atoms with van der Waals surface area (Å²) in [5.74, 6) is 1.15. The number of ether oxygens (including phenoxy) is 1. The summed E-state index contributed by atoms with van der Waals surface area (Å²) in [6.07, 6.45) is 8.87. The van der Waals surface area contributed by atoms with Crippen molar-refractivity contribution in [3.8, 4) is 5.88 Å². The standard InChI is InChI=1S/C17H23N3O2S/c18-11-2-4-12(5-3-11)22-16-15-14-10(7-8-21)1-6-13(14)23-17(15)20-9-19-16/h9-12,21H,1-8,18H2. The summed E-state index contributed by atoms with van der Waals surface area (Å²) >= 11 is 1.76. The second kappa shape index (κ2) is 6.34. The minimum atomic E-state index is 0.209. The van der Waals surface area contributed by atoms with Crippen LogP contribution in [0.3, 0.4) is 0 Å². The van der Waals surface area contributed by atoms with Gasteiger partial charge < -0.3 is 15.6 Å². The van der Waals surface area contributed by atoms with Crippen molar-refractivity contribution in [2.24, 2.45) is 5.73 Å². The first-order chi connectivity index (χ1) is 11.3. The first-order valence-electron chi connectivity index (χ1n) is 8.55. The smallest absolute Gasteiger partial charge is 0.225 e. The van der Waals surface area contributed by atoms with Crippen LogP contribution < -0.4 is 10.5 Å². The van der Waals surface area contributed by atoms with Gasteiger partial charge in [-0.2, -0.15) is 0 Å². The highest BCUT2D eigenvalue weighted by Crippen LogP contribution is 2.47. The van der Waals surface area contributed by atoms with Crippen LogP contribution in [0.15, 0.2) is 6.33 Å². The zero-order valence-corrected chi connectivity index (χ0v) is 14.0. The molecule has 1 saturated carbocycles. The largest absolute Gasteiger partial charge is 0.474 e. The molecule has 124 valence electrons. The maximum absolute atomic E-state index is 9.35. The molecule has 5 nitrogen and oxygen atoms in total. The zero-order valence-electron chi connectivity index (χ0n) is 13.2. The Kier molecular flexibility index (Phi) is 4.22. The van der Waals surface area contributed by atoms with Gasteiger partial charge in [-0.15, -0.1) is 11.3 Å². The lowest BCUT2D eigenvalue weighted by atomic mass is 9.93. The van der Waals surface area contributed by atoms with Crippen molar-refractivity contribution < 1.29 is 9.84 Å². The molecule has 2 aliphatic rings. The number of aryl methyl sites for hydroxylation is 1. The first kappa shape index (κ1) is 15.3. The average molecular weight is 333 g/mol. The van der Waals surface area contributed by atoms with Gasteiger partial charge in [-0.1, -0.05) is 0 Å². The highest BCUT2D eigenvalue weighted by molar-refractivity contribution is 7.19. The molecular formula is C17H23N3O2S. The maximum Gasteiger partial charge on any atom is 0.225 e. The van der Waals surface area contributed by atoms with Gasteiger partial charge >= 0.3 is 0 Å². The number of aromatic nitrogens is 2. The van der Waals surface area contributed by atoms with Gasteiger partial charge in [0.15, 0.2) is 0 Å². The molecule has 0 bridgehead atoms. The molecule has 0 amide bonds. The Hall–Kier alpha value is -1.24. The van der Waals surface area contributed by atoms with Gasteiger partial charge in [0, 0.05) is 17.5 Å². The first-order valence-corrected chi connectivity index (χ1v) is 9.37. The summed E-state index contributed by atoms with van der Waals surface area (Å²) in [5.41, 5.74) is 7.32. The molecule has 4 rings (SSSR count). The number of hydrogen-bond acceptors (Lipinski definition) is 6. The number of fused-ring (bicyclic) bond motifs is 3. The second-order valence-corrected chi connectivity index (χ2v) is 7.78. The Morgan fingerprint density at radius 2 is 2.04 bits per heavy atom. The van der Waals surface area contributed by atoms with Crippen molar-refractivity contribution in [3.63, 3.8) is 0 Å². The monoisotopic (exact) mass is 333 g/mol. The SMILES string of the molecule is NC1CCC(Oc2ncnc3sc4c(c23)C(CCO)CC4)CC1. The van der Waals surface area contributed by atoms with E-state index in [0.717, 1.165) is 61.0 Å². The van der Waals surface area contributed by atoms with Gasteiger partial charge in [-0.05, 0) is 56.4 Å². The number of thiophene rings is 1. The van der Waals surface area contributed by atoms with Gasteiger partial charge in [0.25, 0.3) is 0 Å². The van der Waals surface area contributed by atoms with E-state index in [0.29, 0.717) is 12.0 Å².